The van der Waals surface area contributed by atoms with E-state index in [-0.39, 0.29) is 5.78 Å². The molecular formula is C10H8BrClO2. The van der Waals surface area contributed by atoms with Gasteiger partial charge in [-0.3, -0.25) is 9.59 Å². The Hall–Kier alpha value is -0.670. The minimum atomic E-state index is -0.500. The third-order valence-electron chi connectivity index (χ3n) is 1.72. The molecule has 0 amide bonds. The van der Waals surface area contributed by atoms with Crippen molar-refractivity contribution in [1.82, 2.24) is 0 Å². The van der Waals surface area contributed by atoms with Crippen LogP contribution in [-0.2, 0) is 11.2 Å². The van der Waals surface area contributed by atoms with Gasteiger partial charge in [0.15, 0.2) is 0 Å². The van der Waals surface area contributed by atoms with Gasteiger partial charge in [-0.2, -0.15) is 0 Å². The van der Waals surface area contributed by atoms with Crippen molar-refractivity contribution >= 4 is 38.6 Å². The van der Waals surface area contributed by atoms with Crippen LogP contribution in [0.4, 0.5) is 0 Å². The molecule has 1 rings (SSSR count). The molecule has 0 fully saturated rings. The Morgan fingerprint density at radius 1 is 1.43 bits per heavy atom. The highest BCUT2D eigenvalue weighted by molar-refractivity contribution is 9.10. The standard InChI is InChI=1S/C10H8BrClO2/c1-6(13)4-7-2-3-8(10(12)14)5-9(7)11/h2-3,5H,4H2,1H3. The van der Waals surface area contributed by atoms with Crippen LogP contribution in [0.1, 0.15) is 22.8 Å². The van der Waals surface area contributed by atoms with E-state index in [0.717, 1.165) is 10.0 Å². The summed E-state index contributed by atoms with van der Waals surface area (Å²) >= 11 is 8.59. The van der Waals surface area contributed by atoms with Gasteiger partial charge >= 0.3 is 0 Å². The van der Waals surface area contributed by atoms with Gasteiger partial charge in [-0.1, -0.05) is 22.0 Å². The minimum absolute atomic E-state index is 0.0793. The molecule has 0 aliphatic rings. The van der Waals surface area contributed by atoms with E-state index in [4.69, 9.17) is 11.6 Å². The zero-order valence-corrected chi connectivity index (χ0v) is 9.85. The van der Waals surface area contributed by atoms with Crippen LogP contribution in [0.5, 0.6) is 0 Å². The van der Waals surface area contributed by atoms with Crippen LogP contribution in [0.15, 0.2) is 22.7 Å². The molecule has 0 radical (unpaired) electrons. The Kier molecular flexibility index (Phi) is 3.84. The summed E-state index contributed by atoms with van der Waals surface area (Å²) in [7, 11) is 0. The maximum absolute atomic E-state index is 10.9. The molecular weight excluding hydrogens is 267 g/mol. The van der Waals surface area contributed by atoms with Gasteiger partial charge in [0.25, 0.3) is 5.24 Å². The largest absolute Gasteiger partial charge is 0.300 e. The van der Waals surface area contributed by atoms with Crippen molar-refractivity contribution in [3.63, 3.8) is 0 Å². The van der Waals surface area contributed by atoms with Crippen molar-refractivity contribution in [3.8, 4) is 0 Å². The number of Topliss-reactive ketones (excluding diaryl/α,β-unsaturated/α-hetero) is 1. The van der Waals surface area contributed by atoms with Crippen LogP contribution >= 0.6 is 27.5 Å². The number of hydrogen-bond acceptors (Lipinski definition) is 2. The van der Waals surface area contributed by atoms with Crippen molar-refractivity contribution in [2.75, 3.05) is 0 Å². The fourth-order valence-corrected chi connectivity index (χ4v) is 1.72. The lowest BCUT2D eigenvalue weighted by atomic mass is 10.1. The number of rotatable bonds is 3. The van der Waals surface area contributed by atoms with Crippen molar-refractivity contribution in [3.05, 3.63) is 33.8 Å². The summed E-state index contributed by atoms with van der Waals surface area (Å²) < 4.78 is 0.735. The van der Waals surface area contributed by atoms with Crippen LogP contribution in [0.25, 0.3) is 0 Å². The van der Waals surface area contributed by atoms with Crippen molar-refractivity contribution < 1.29 is 9.59 Å². The molecule has 14 heavy (non-hydrogen) atoms. The van der Waals surface area contributed by atoms with Gasteiger partial charge in [0.1, 0.15) is 5.78 Å². The fraction of sp³-hybridized carbons (Fsp3) is 0.200. The maximum atomic E-state index is 10.9. The van der Waals surface area contributed by atoms with Crippen LogP contribution in [0, 0.1) is 0 Å². The predicted molar refractivity (Wildman–Crippen MR) is 58.7 cm³/mol. The summed E-state index contributed by atoms with van der Waals surface area (Å²) in [6.07, 6.45) is 0.358. The third-order valence-corrected chi connectivity index (χ3v) is 2.68. The molecule has 0 saturated heterocycles. The highest BCUT2D eigenvalue weighted by atomic mass is 79.9. The van der Waals surface area contributed by atoms with E-state index < -0.39 is 5.24 Å². The summed E-state index contributed by atoms with van der Waals surface area (Å²) in [5.74, 6) is 0.0793. The SMILES string of the molecule is CC(=O)Cc1ccc(C(=O)Cl)cc1Br. The molecule has 1 aromatic carbocycles. The fourth-order valence-electron chi connectivity index (χ4n) is 1.08. The smallest absolute Gasteiger partial charge is 0.252 e. The average molecular weight is 276 g/mol. The van der Waals surface area contributed by atoms with Gasteiger partial charge in [0.2, 0.25) is 0 Å². The Labute approximate surface area is 95.4 Å². The highest BCUT2D eigenvalue weighted by Gasteiger charge is 2.07. The summed E-state index contributed by atoms with van der Waals surface area (Å²) in [6, 6.07) is 4.95. The quantitative estimate of drug-likeness (QED) is 0.795. The van der Waals surface area contributed by atoms with E-state index >= 15 is 0 Å². The molecule has 2 nitrogen and oxygen atoms in total. The molecule has 4 heteroatoms. The lowest BCUT2D eigenvalue weighted by molar-refractivity contribution is -0.116. The van der Waals surface area contributed by atoms with Gasteiger partial charge in [0.05, 0.1) is 0 Å². The number of halogens is 2. The monoisotopic (exact) mass is 274 g/mol. The Morgan fingerprint density at radius 2 is 2.07 bits per heavy atom. The van der Waals surface area contributed by atoms with E-state index in [9.17, 15) is 9.59 Å². The predicted octanol–water partition coefficient (Wildman–Crippen LogP) is 2.96. The van der Waals surface area contributed by atoms with E-state index in [1.807, 2.05) is 0 Å². The molecule has 74 valence electrons. The second kappa shape index (κ2) is 4.71. The average Bonchev–Trinajstić information content (AvgIpc) is 2.07. The number of benzene rings is 1. The van der Waals surface area contributed by atoms with Crippen molar-refractivity contribution in [2.45, 2.75) is 13.3 Å². The lowest BCUT2D eigenvalue weighted by Gasteiger charge is -2.02. The second-order valence-electron chi connectivity index (χ2n) is 2.96. The number of carbonyl (C=O) groups excluding carboxylic acids is 2. The van der Waals surface area contributed by atoms with Crippen molar-refractivity contribution in [1.29, 1.82) is 0 Å². The first-order valence-electron chi connectivity index (χ1n) is 3.98. The van der Waals surface area contributed by atoms with E-state index in [0.29, 0.717) is 12.0 Å². The van der Waals surface area contributed by atoms with E-state index in [1.54, 1.807) is 18.2 Å². The van der Waals surface area contributed by atoms with Crippen LogP contribution in [0.3, 0.4) is 0 Å². The van der Waals surface area contributed by atoms with E-state index in [2.05, 4.69) is 15.9 Å². The number of hydrogen-bond donors (Lipinski definition) is 0. The Balaban J connectivity index is 3.01. The Morgan fingerprint density at radius 3 is 2.50 bits per heavy atom. The first-order valence-corrected chi connectivity index (χ1v) is 5.15. The first-order chi connectivity index (χ1) is 6.50. The maximum Gasteiger partial charge on any atom is 0.252 e. The highest BCUT2D eigenvalue weighted by Crippen LogP contribution is 2.20. The van der Waals surface area contributed by atoms with Gasteiger partial charge in [0, 0.05) is 16.5 Å². The van der Waals surface area contributed by atoms with E-state index in [1.165, 1.54) is 6.92 Å². The third kappa shape index (κ3) is 2.93. The molecule has 0 aromatic heterocycles. The molecule has 0 bridgehead atoms. The van der Waals surface area contributed by atoms with Crippen LogP contribution in [0.2, 0.25) is 0 Å². The van der Waals surface area contributed by atoms with Gasteiger partial charge in [-0.25, -0.2) is 0 Å². The minimum Gasteiger partial charge on any atom is -0.300 e. The van der Waals surface area contributed by atoms with Crippen molar-refractivity contribution in [2.24, 2.45) is 0 Å². The molecule has 0 saturated carbocycles. The summed E-state index contributed by atoms with van der Waals surface area (Å²) in [4.78, 5) is 21.7. The zero-order chi connectivity index (χ0) is 10.7. The molecule has 0 atom stereocenters. The lowest BCUT2D eigenvalue weighted by Crippen LogP contribution is -1.98. The summed E-state index contributed by atoms with van der Waals surface area (Å²) in [5.41, 5.74) is 1.28. The first kappa shape index (κ1) is 11.4. The second-order valence-corrected chi connectivity index (χ2v) is 4.16. The molecule has 0 aliphatic carbocycles. The van der Waals surface area contributed by atoms with Crippen LogP contribution in [-0.4, -0.2) is 11.0 Å². The molecule has 0 aliphatic heterocycles. The number of carbonyl (C=O) groups is 2. The topological polar surface area (TPSA) is 34.1 Å². The van der Waals surface area contributed by atoms with Gasteiger partial charge in [-0.15, -0.1) is 0 Å². The number of ketones is 1. The molecule has 0 unspecified atom stereocenters. The van der Waals surface area contributed by atoms with Gasteiger partial charge in [-0.05, 0) is 36.2 Å². The van der Waals surface area contributed by atoms with Gasteiger partial charge < -0.3 is 0 Å². The summed E-state index contributed by atoms with van der Waals surface area (Å²) in [6.45, 7) is 1.52. The van der Waals surface area contributed by atoms with Crippen LogP contribution < -0.4 is 0 Å². The zero-order valence-electron chi connectivity index (χ0n) is 7.51. The summed E-state index contributed by atoms with van der Waals surface area (Å²) in [5, 5.41) is -0.500. The molecule has 1 aromatic rings. The Bertz CT molecular complexity index is 388. The normalized spacial score (nSPS) is 9.93. The molecule has 0 N–H and O–H groups in total. The molecule has 0 spiro atoms. The molecule has 0 heterocycles.